The molecule has 1 rings (SSSR count). The average Bonchev–Trinajstić information content (AvgIpc) is 2.43. The van der Waals surface area contributed by atoms with Crippen LogP contribution in [0.1, 0.15) is 18.4 Å². The Labute approximate surface area is 128 Å². The van der Waals surface area contributed by atoms with E-state index in [0.717, 1.165) is 25.1 Å². The van der Waals surface area contributed by atoms with E-state index in [2.05, 4.69) is 10.6 Å². The number of benzene rings is 1. The van der Waals surface area contributed by atoms with E-state index in [0.29, 0.717) is 18.8 Å². The second kappa shape index (κ2) is 8.63. The highest BCUT2D eigenvalue weighted by atomic mass is 19.4. The van der Waals surface area contributed by atoms with Crippen LogP contribution < -0.4 is 10.6 Å². The summed E-state index contributed by atoms with van der Waals surface area (Å²) in [6, 6.07) is 4.75. The molecule has 0 heterocycles. The number of carbonyl (C=O) groups is 1. The quantitative estimate of drug-likeness (QED) is 0.724. The van der Waals surface area contributed by atoms with Gasteiger partial charge in [-0.1, -0.05) is 0 Å². The fraction of sp³-hybridized carbons (Fsp3) is 0.533. The van der Waals surface area contributed by atoms with Crippen LogP contribution in [0, 0.1) is 0 Å². The summed E-state index contributed by atoms with van der Waals surface area (Å²) in [4.78, 5) is 13.6. The van der Waals surface area contributed by atoms with Crippen LogP contribution in [0.3, 0.4) is 0 Å². The Balaban J connectivity index is 2.22. The van der Waals surface area contributed by atoms with Crippen LogP contribution in [-0.2, 0) is 11.0 Å². The minimum atomic E-state index is -4.33. The molecule has 0 saturated heterocycles. The lowest BCUT2D eigenvalue weighted by atomic mass is 10.2. The van der Waals surface area contributed by atoms with Crippen LogP contribution in [0.15, 0.2) is 24.3 Å². The van der Waals surface area contributed by atoms with E-state index in [4.69, 9.17) is 0 Å². The third kappa shape index (κ3) is 7.31. The van der Waals surface area contributed by atoms with Crippen molar-refractivity contribution in [3.63, 3.8) is 0 Å². The van der Waals surface area contributed by atoms with Gasteiger partial charge in [-0.2, -0.15) is 13.2 Å². The largest absolute Gasteiger partial charge is 0.416 e. The van der Waals surface area contributed by atoms with Gasteiger partial charge in [0, 0.05) is 25.2 Å². The molecule has 0 atom stereocenters. The molecule has 0 unspecified atom stereocenters. The Hall–Kier alpha value is -1.76. The fourth-order valence-corrected chi connectivity index (χ4v) is 1.81. The van der Waals surface area contributed by atoms with Gasteiger partial charge in [0.2, 0.25) is 5.91 Å². The van der Waals surface area contributed by atoms with E-state index < -0.39 is 11.7 Å². The third-order valence-corrected chi connectivity index (χ3v) is 3.00. The summed E-state index contributed by atoms with van der Waals surface area (Å²) in [6.07, 6.45) is -3.17. The van der Waals surface area contributed by atoms with Crippen molar-refractivity contribution < 1.29 is 18.0 Å². The Morgan fingerprint density at radius 1 is 1.14 bits per heavy atom. The number of nitrogens with zero attached hydrogens (tertiary/aromatic N) is 1. The first-order valence-corrected chi connectivity index (χ1v) is 7.11. The lowest BCUT2D eigenvalue weighted by Crippen LogP contribution is -2.28. The maximum absolute atomic E-state index is 12.4. The van der Waals surface area contributed by atoms with Gasteiger partial charge in [0.1, 0.15) is 0 Å². The summed E-state index contributed by atoms with van der Waals surface area (Å²) in [5.74, 6) is -0.0711. The number of anilines is 1. The first-order valence-electron chi connectivity index (χ1n) is 7.11. The first kappa shape index (κ1) is 18.3. The van der Waals surface area contributed by atoms with Crippen LogP contribution in [0.4, 0.5) is 18.9 Å². The molecule has 0 radical (unpaired) electrons. The summed E-state index contributed by atoms with van der Waals surface area (Å²) in [6.45, 7) is 1.91. The molecule has 7 heteroatoms. The molecule has 0 fully saturated rings. The van der Waals surface area contributed by atoms with Gasteiger partial charge >= 0.3 is 6.18 Å². The van der Waals surface area contributed by atoms with Gasteiger partial charge in [-0.3, -0.25) is 4.79 Å². The Kier molecular flexibility index (Phi) is 7.17. The number of hydrogen-bond acceptors (Lipinski definition) is 3. The molecule has 0 aliphatic carbocycles. The Morgan fingerprint density at radius 2 is 1.77 bits per heavy atom. The Bertz CT molecular complexity index is 458. The van der Waals surface area contributed by atoms with E-state index in [-0.39, 0.29) is 12.3 Å². The molecular formula is C15H22F3N3O. The number of rotatable bonds is 8. The molecule has 0 spiro atoms. The molecular weight excluding hydrogens is 295 g/mol. The highest BCUT2D eigenvalue weighted by Gasteiger charge is 2.29. The number of carbonyl (C=O) groups excluding carboxylic acids is 1. The van der Waals surface area contributed by atoms with Gasteiger partial charge in [-0.25, -0.2) is 0 Å². The smallest absolute Gasteiger partial charge is 0.385 e. The van der Waals surface area contributed by atoms with E-state index >= 15 is 0 Å². The summed E-state index contributed by atoms with van der Waals surface area (Å²) in [5, 5.41) is 5.73. The van der Waals surface area contributed by atoms with Gasteiger partial charge < -0.3 is 15.5 Å². The predicted molar refractivity (Wildman–Crippen MR) is 80.7 cm³/mol. The molecule has 2 N–H and O–H groups in total. The predicted octanol–water partition coefficient (Wildman–Crippen LogP) is 2.58. The molecule has 0 aliphatic heterocycles. The molecule has 1 aromatic rings. The van der Waals surface area contributed by atoms with E-state index in [1.54, 1.807) is 0 Å². The molecule has 124 valence electrons. The van der Waals surface area contributed by atoms with Crippen molar-refractivity contribution in [3.8, 4) is 0 Å². The lowest BCUT2D eigenvalue weighted by molar-refractivity contribution is -0.137. The zero-order valence-corrected chi connectivity index (χ0v) is 12.8. The van der Waals surface area contributed by atoms with Crippen molar-refractivity contribution in [1.29, 1.82) is 0 Å². The van der Waals surface area contributed by atoms with Crippen molar-refractivity contribution >= 4 is 11.6 Å². The zero-order chi connectivity index (χ0) is 16.6. The average molecular weight is 317 g/mol. The zero-order valence-electron chi connectivity index (χ0n) is 12.8. The normalized spacial score (nSPS) is 11.5. The topological polar surface area (TPSA) is 44.4 Å². The summed E-state index contributed by atoms with van der Waals surface area (Å²) in [7, 11) is 3.94. The first-order chi connectivity index (χ1) is 10.3. The van der Waals surface area contributed by atoms with Crippen molar-refractivity contribution in [3.05, 3.63) is 29.8 Å². The summed E-state index contributed by atoms with van der Waals surface area (Å²) < 4.78 is 37.2. The fourth-order valence-electron chi connectivity index (χ4n) is 1.81. The second-order valence-electron chi connectivity index (χ2n) is 5.26. The van der Waals surface area contributed by atoms with Crippen LogP contribution in [0.25, 0.3) is 0 Å². The number of nitrogens with one attached hydrogen (secondary N) is 2. The van der Waals surface area contributed by atoms with E-state index in [1.165, 1.54) is 12.1 Å². The van der Waals surface area contributed by atoms with Crippen molar-refractivity contribution in [1.82, 2.24) is 10.2 Å². The van der Waals surface area contributed by atoms with Crippen LogP contribution in [0.2, 0.25) is 0 Å². The van der Waals surface area contributed by atoms with E-state index in [9.17, 15) is 18.0 Å². The lowest BCUT2D eigenvalue weighted by Gasteiger charge is -2.11. The third-order valence-electron chi connectivity index (χ3n) is 3.00. The number of hydrogen-bond donors (Lipinski definition) is 2. The van der Waals surface area contributed by atoms with Crippen LogP contribution in [-0.4, -0.2) is 44.5 Å². The molecule has 0 saturated carbocycles. The van der Waals surface area contributed by atoms with Crippen LogP contribution >= 0.6 is 0 Å². The van der Waals surface area contributed by atoms with Crippen molar-refractivity contribution in [2.24, 2.45) is 0 Å². The SMILES string of the molecule is CN(C)CCCNC(=O)CCNc1ccc(C(F)(F)F)cc1. The highest BCUT2D eigenvalue weighted by Crippen LogP contribution is 2.29. The molecule has 0 bridgehead atoms. The Morgan fingerprint density at radius 3 is 2.32 bits per heavy atom. The van der Waals surface area contributed by atoms with Gasteiger partial charge in [0.15, 0.2) is 0 Å². The van der Waals surface area contributed by atoms with Gasteiger partial charge in [-0.15, -0.1) is 0 Å². The maximum Gasteiger partial charge on any atom is 0.416 e. The van der Waals surface area contributed by atoms with Gasteiger partial charge in [0.05, 0.1) is 5.56 Å². The molecule has 1 amide bonds. The van der Waals surface area contributed by atoms with Gasteiger partial charge in [-0.05, 0) is 51.3 Å². The van der Waals surface area contributed by atoms with Crippen molar-refractivity contribution in [2.75, 3.05) is 39.0 Å². The monoisotopic (exact) mass is 317 g/mol. The standard InChI is InChI=1S/C15H22F3N3O/c1-21(2)11-3-9-20-14(22)8-10-19-13-6-4-12(5-7-13)15(16,17)18/h4-7,19H,3,8-11H2,1-2H3,(H,20,22). The maximum atomic E-state index is 12.4. The number of amides is 1. The molecule has 1 aromatic carbocycles. The molecule has 0 aliphatic rings. The van der Waals surface area contributed by atoms with Crippen LogP contribution in [0.5, 0.6) is 0 Å². The molecule has 22 heavy (non-hydrogen) atoms. The van der Waals surface area contributed by atoms with Crippen molar-refractivity contribution in [2.45, 2.75) is 19.0 Å². The summed E-state index contributed by atoms with van der Waals surface area (Å²) in [5.41, 5.74) is -0.120. The van der Waals surface area contributed by atoms with Gasteiger partial charge in [0.25, 0.3) is 0 Å². The molecule has 0 aromatic heterocycles. The second-order valence-corrected chi connectivity index (χ2v) is 5.26. The molecule has 4 nitrogen and oxygen atoms in total. The number of alkyl halides is 3. The van der Waals surface area contributed by atoms with E-state index in [1.807, 2.05) is 19.0 Å². The summed E-state index contributed by atoms with van der Waals surface area (Å²) >= 11 is 0. The minimum Gasteiger partial charge on any atom is -0.385 e. The minimum absolute atomic E-state index is 0.0711. The number of halogens is 3. The highest BCUT2D eigenvalue weighted by molar-refractivity contribution is 5.76.